The van der Waals surface area contributed by atoms with Crippen LogP contribution in [-0.4, -0.2) is 28.8 Å². The van der Waals surface area contributed by atoms with Crippen molar-refractivity contribution in [1.82, 2.24) is 13.9 Å². The minimum absolute atomic E-state index is 0.186. The van der Waals surface area contributed by atoms with Gasteiger partial charge in [0.05, 0.1) is 16.8 Å². The van der Waals surface area contributed by atoms with E-state index >= 15 is 0 Å². The van der Waals surface area contributed by atoms with Crippen LogP contribution in [0.5, 0.6) is 0 Å². The maximum Gasteiger partial charge on any atom is 0.246 e. The molecule has 0 spiro atoms. The first-order valence-electron chi connectivity index (χ1n) is 8.91. The number of aryl methyl sites for hydroxylation is 1. The summed E-state index contributed by atoms with van der Waals surface area (Å²) in [6, 6.07) is 3.72. The van der Waals surface area contributed by atoms with E-state index in [2.05, 4.69) is 0 Å². The van der Waals surface area contributed by atoms with E-state index in [0.29, 0.717) is 13.0 Å². The van der Waals surface area contributed by atoms with Gasteiger partial charge in [-0.3, -0.25) is 0 Å². The van der Waals surface area contributed by atoms with Crippen LogP contribution in [0.4, 0.5) is 4.39 Å². The van der Waals surface area contributed by atoms with Gasteiger partial charge in [0.2, 0.25) is 10.0 Å². The minimum atomic E-state index is -3.99. The van der Waals surface area contributed by atoms with Crippen LogP contribution in [-0.2, 0) is 29.9 Å². The molecule has 2 heterocycles. The number of sulfonamides is 1. The third kappa shape index (κ3) is 2.77. The summed E-state index contributed by atoms with van der Waals surface area (Å²) < 4.78 is 44.1. The molecule has 0 radical (unpaired) electrons. The number of imidazole rings is 1. The predicted molar refractivity (Wildman–Crippen MR) is 97.1 cm³/mol. The zero-order valence-electron chi connectivity index (χ0n) is 14.6. The molecule has 0 N–H and O–H groups in total. The first-order valence-corrected chi connectivity index (χ1v) is 10.7. The second-order valence-corrected chi connectivity index (χ2v) is 9.22. The fourth-order valence-corrected chi connectivity index (χ4v) is 6.07. The number of nitrogens with zero attached hydrogens (tertiary/aromatic N) is 3. The molecule has 1 aromatic carbocycles. The summed E-state index contributed by atoms with van der Waals surface area (Å²) in [5, 5.41) is -0.186. The van der Waals surface area contributed by atoms with Gasteiger partial charge in [-0.15, -0.1) is 0 Å². The zero-order chi connectivity index (χ0) is 18.5. The lowest BCUT2D eigenvalue weighted by Crippen LogP contribution is -2.32. The van der Waals surface area contributed by atoms with Gasteiger partial charge in [-0.25, -0.2) is 17.8 Å². The first kappa shape index (κ1) is 17.9. The van der Waals surface area contributed by atoms with Crippen molar-refractivity contribution < 1.29 is 12.8 Å². The lowest BCUT2D eigenvalue weighted by molar-refractivity contribution is 0.374. The van der Waals surface area contributed by atoms with Gasteiger partial charge in [-0.05, 0) is 50.7 Å². The predicted octanol–water partition coefficient (Wildman–Crippen LogP) is 3.62. The number of hydrogen-bond donors (Lipinski definition) is 0. The van der Waals surface area contributed by atoms with Crippen LogP contribution < -0.4 is 0 Å². The molecule has 5 nitrogen and oxygen atoms in total. The van der Waals surface area contributed by atoms with Crippen LogP contribution in [0.15, 0.2) is 23.1 Å². The number of hydrogen-bond acceptors (Lipinski definition) is 3. The van der Waals surface area contributed by atoms with Gasteiger partial charge in [0.25, 0.3) is 0 Å². The molecule has 1 aliphatic carbocycles. The van der Waals surface area contributed by atoms with Crippen LogP contribution in [0.1, 0.15) is 48.9 Å². The fraction of sp³-hybridized carbons (Fsp3) is 0.500. The van der Waals surface area contributed by atoms with E-state index in [1.54, 1.807) is 0 Å². The highest BCUT2D eigenvalue weighted by molar-refractivity contribution is 7.89. The van der Waals surface area contributed by atoms with Crippen LogP contribution >= 0.6 is 11.6 Å². The van der Waals surface area contributed by atoms with Gasteiger partial charge in [0.15, 0.2) is 5.82 Å². The lowest BCUT2D eigenvalue weighted by atomic mass is 10.0. The quantitative estimate of drug-likeness (QED) is 0.794. The van der Waals surface area contributed by atoms with Crippen molar-refractivity contribution in [1.29, 1.82) is 0 Å². The summed E-state index contributed by atoms with van der Waals surface area (Å²) in [6.45, 7) is 0.358. The summed E-state index contributed by atoms with van der Waals surface area (Å²) in [7, 11) is -2.03. The number of halogens is 2. The topological polar surface area (TPSA) is 55.2 Å². The molecule has 0 unspecified atom stereocenters. The standard InChI is InChI=1S/C18H21ClFN3O2S/c1-22-14-8-3-2-7-13(14)21-18(22)15-9-5-11-23(15)26(24,25)16-10-4-6-12(19)17(16)20/h4,6,10,15H,2-3,5,7-9,11H2,1H3/t15-/m1/s1. The Morgan fingerprint density at radius 1 is 1.23 bits per heavy atom. The summed E-state index contributed by atoms with van der Waals surface area (Å²) in [4.78, 5) is 4.40. The molecule has 1 fully saturated rings. The number of benzene rings is 1. The molecule has 2 aromatic rings. The van der Waals surface area contributed by atoms with Crippen molar-refractivity contribution in [2.45, 2.75) is 49.5 Å². The monoisotopic (exact) mass is 397 g/mol. The second-order valence-electron chi connectivity index (χ2n) is 6.96. The van der Waals surface area contributed by atoms with E-state index < -0.39 is 15.8 Å². The van der Waals surface area contributed by atoms with E-state index in [0.717, 1.165) is 43.6 Å². The van der Waals surface area contributed by atoms with Crippen LogP contribution in [0, 0.1) is 5.82 Å². The maximum absolute atomic E-state index is 14.4. The van der Waals surface area contributed by atoms with Crippen molar-refractivity contribution in [3.63, 3.8) is 0 Å². The van der Waals surface area contributed by atoms with Gasteiger partial charge in [-0.2, -0.15) is 4.31 Å². The van der Waals surface area contributed by atoms with E-state index in [9.17, 15) is 12.8 Å². The molecular weight excluding hydrogens is 377 g/mol. The molecule has 0 amide bonds. The largest absolute Gasteiger partial charge is 0.333 e. The second kappa shape index (κ2) is 6.62. The van der Waals surface area contributed by atoms with E-state index in [4.69, 9.17) is 16.6 Å². The first-order chi connectivity index (χ1) is 12.4. The smallest absolute Gasteiger partial charge is 0.246 e. The van der Waals surface area contributed by atoms with Crippen molar-refractivity contribution in [2.24, 2.45) is 7.05 Å². The molecule has 1 aromatic heterocycles. The summed E-state index contributed by atoms with van der Waals surface area (Å²) in [5.74, 6) is -0.126. The van der Waals surface area contributed by atoms with Gasteiger partial charge in [0.1, 0.15) is 10.7 Å². The van der Waals surface area contributed by atoms with Gasteiger partial charge >= 0.3 is 0 Å². The highest BCUT2D eigenvalue weighted by atomic mass is 35.5. The molecule has 0 bridgehead atoms. The van der Waals surface area contributed by atoms with Crippen molar-refractivity contribution >= 4 is 21.6 Å². The highest BCUT2D eigenvalue weighted by Crippen LogP contribution is 2.38. The Labute approximate surface area is 157 Å². The Balaban J connectivity index is 1.75. The van der Waals surface area contributed by atoms with E-state index in [1.807, 2.05) is 11.6 Å². The molecule has 140 valence electrons. The van der Waals surface area contributed by atoms with Crippen LogP contribution in [0.3, 0.4) is 0 Å². The SMILES string of the molecule is Cn1c([C@H]2CCCN2S(=O)(=O)c2cccc(Cl)c2F)nc2c1CCCC2. The summed E-state index contributed by atoms with van der Waals surface area (Å²) >= 11 is 5.80. The third-order valence-electron chi connectivity index (χ3n) is 5.41. The Kier molecular flexibility index (Phi) is 4.57. The van der Waals surface area contributed by atoms with Crippen molar-refractivity contribution in [3.05, 3.63) is 46.3 Å². The molecule has 1 saturated heterocycles. The van der Waals surface area contributed by atoms with Crippen molar-refractivity contribution in [2.75, 3.05) is 6.54 Å². The molecule has 2 aliphatic rings. The van der Waals surface area contributed by atoms with Gasteiger partial charge in [0, 0.05) is 19.3 Å². The zero-order valence-corrected chi connectivity index (χ0v) is 16.2. The van der Waals surface area contributed by atoms with Crippen LogP contribution in [0.2, 0.25) is 5.02 Å². The number of aromatic nitrogens is 2. The molecule has 4 rings (SSSR count). The van der Waals surface area contributed by atoms with Crippen molar-refractivity contribution in [3.8, 4) is 0 Å². The summed E-state index contributed by atoms with van der Waals surface area (Å²) in [5.41, 5.74) is 2.27. The summed E-state index contributed by atoms with van der Waals surface area (Å²) in [6.07, 6.45) is 5.57. The Hall–Kier alpha value is -1.44. The molecule has 0 saturated carbocycles. The normalized spacial score (nSPS) is 21.1. The average Bonchev–Trinajstić information content (AvgIpc) is 3.23. The molecule has 1 atom stereocenters. The van der Waals surface area contributed by atoms with E-state index in [-0.39, 0.29) is 16.0 Å². The van der Waals surface area contributed by atoms with Gasteiger partial charge < -0.3 is 4.57 Å². The number of fused-ring (bicyclic) bond motifs is 1. The fourth-order valence-electron chi connectivity index (χ4n) is 4.10. The Morgan fingerprint density at radius 3 is 2.77 bits per heavy atom. The highest BCUT2D eigenvalue weighted by Gasteiger charge is 2.40. The third-order valence-corrected chi connectivity index (χ3v) is 7.63. The maximum atomic E-state index is 14.4. The lowest BCUT2D eigenvalue weighted by Gasteiger charge is -2.24. The molecule has 1 aliphatic heterocycles. The van der Waals surface area contributed by atoms with E-state index in [1.165, 1.54) is 28.2 Å². The number of rotatable bonds is 3. The van der Waals surface area contributed by atoms with Gasteiger partial charge in [-0.1, -0.05) is 17.7 Å². The molecule has 8 heteroatoms. The molecular formula is C18H21ClFN3O2S. The molecule has 26 heavy (non-hydrogen) atoms. The Morgan fingerprint density at radius 2 is 2.00 bits per heavy atom. The minimum Gasteiger partial charge on any atom is -0.333 e. The Bertz CT molecular complexity index is 958. The van der Waals surface area contributed by atoms with Crippen LogP contribution in [0.25, 0.3) is 0 Å². The average molecular weight is 398 g/mol.